The van der Waals surface area contributed by atoms with Crippen LogP contribution in [0.4, 0.5) is 5.69 Å². The zero-order chi connectivity index (χ0) is 14.8. The molecule has 5 nitrogen and oxygen atoms in total. The normalized spacial score (nSPS) is 24.9. The van der Waals surface area contributed by atoms with E-state index in [0.717, 1.165) is 24.5 Å². The lowest BCUT2D eigenvalue weighted by molar-refractivity contribution is -0.117. The van der Waals surface area contributed by atoms with Gasteiger partial charge >= 0.3 is 0 Å². The van der Waals surface area contributed by atoms with Crippen molar-refractivity contribution in [3.8, 4) is 11.5 Å². The Morgan fingerprint density at radius 2 is 1.95 bits per heavy atom. The van der Waals surface area contributed by atoms with Crippen molar-refractivity contribution in [2.45, 2.75) is 20.3 Å². The lowest BCUT2D eigenvalue weighted by Crippen LogP contribution is -2.42. The van der Waals surface area contributed by atoms with E-state index in [4.69, 9.17) is 9.47 Å². The summed E-state index contributed by atoms with van der Waals surface area (Å²) in [6.45, 7) is 7.19. The maximum absolute atomic E-state index is 12.2. The highest BCUT2D eigenvalue weighted by atomic mass is 16.7. The molecule has 0 bridgehead atoms. The molecule has 21 heavy (non-hydrogen) atoms. The van der Waals surface area contributed by atoms with E-state index in [1.807, 2.05) is 18.2 Å². The first-order valence-corrected chi connectivity index (χ1v) is 7.52. The third kappa shape index (κ3) is 3.47. The maximum Gasteiger partial charge on any atom is 0.238 e. The van der Waals surface area contributed by atoms with Crippen LogP contribution in [-0.2, 0) is 4.79 Å². The number of carbonyl (C=O) groups excluding carboxylic acids is 1. The molecular formula is C16H22N2O3. The molecule has 1 aromatic carbocycles. The molecule has 1 amide bonds. The highest BCUT2D eigenvalue weighted by molar-refractivity contribution is 5.92. The van der Waals surface area contributed by atoms with Crippen LogP contribution in [0.3, 0.4) is 0 Å². The molecule has 1 saturated heterocycles. The van der Waals surface area contributed by atoms with E-state index in [2.05, 4.69) is 24.1 Å². The van der Waals surface area contributed by atoms with E-state index in [9.17, 15) is 4.79 Å². The molecule has 0 spiro atoms. The molecule has 0 unspecified atom stereocenters. The van der Waals surface area contributed by atoms with Gasteiger partial charge in [0.2, 0.25) is 12.7 Å². The van der Waals surface area contributed by atoms with Crippen LogP contribution < -0.4 is 14.8 Å². The van der Waals surface area contributed by atoms with Gasteiger partial charge in [0, 0.05) is 24.8 Å². The number of rotatable bonds is 3. The summed E-state index contributed by atoms with van der Waals surface area (Å²) < 4.78 is 10.6. The number of nitrogens with zero attached hydrogens (tertiary/aromatic N) is 1. The lowest BCUT2D eigenvalue weighted by atomic mass is 9.92. The summed E-state index contributed by atoms with van der Waals surface area (Å²) in [5.74, 6) is 2.76. The summed E-state index contributed by atoms with van der Waals surface area (Å²) in [4.78, 5) is 14.4. The predicted octanol–water partition coefficient (Wildman–Crippen LogP) is 2.33. The summed E-state index contributed by atoms with van der Waals surface area (Å²) in [5, 5.41) is 2.93. The Balaban J connectivity index is 1.56. The largest absolute Gasteiger partial charge is 0.454 e. The van der Waals surface area contributed by atoms with Crippen molar-refractivity contribution in [1.29, 1.82) is 0 Å². The molecule has 1 fully saturated rings. The van der Waals surface area contributed by atoms with Crippen molar-refractivity contribution >= 4 is 11.6 Å². The van der Waals surface area contributed by atoms with Crippen LogP contribution in [0.15, 0.2) is 18.2 Å². The Morgan fingerprint density at radius 1 is 1.24 bits per heavy atom. The van der Waals surface area contributed by atoms with Gasteiger partial charge in [0.05, 0.1) is 6.54 Å². The quantitative estimate of drug-likeness (QED) is 0.928. The Bertz CT molecular complexity index is 522. The fraction of sp³-hybridized carbons (Fsp3) is 0.562. The van der Waals surface area contributed by atoms with Crippen molar-refractivity contribution in [3.63, 3.8) is 0 Å². The number of hydrogen-bond acceptors (Lipinski definition) is 4. The SMILES string of the molecule is C[C@H]1C[C@H](C)CN(CC(=O)Nc2ccc3c(c2)OCO3)C1. The second-order valence-corrected chi connectivity index (χ2v) is 6.26. The Hall–Kier alpha value is -1.75. The van der Waals surface area contributed by atoms with E-state index in [1.165, 1.54) is 6.42 Å². The monoisotopic (exact) mass is 290 g/mol. The first-order valence-electron chi connectivity index (χ1n) is 7.52. The Labute approximate surface area is 125 Å². The van der Waals surface area contributed by atoms with Crippen LogP contribution in [0.1, 0.15) is 20.3 Å². The first kappa shape index (κ1) is 14.2. The zero-order valence-electron chi connectivity index (χ0n) is 12.6. The van der Waals surface area contributed by atoms with Gasteiger partial charge in [0.15, 0.2) is 11.5 Å². The van der Waals surface area contributed by atoms with Crippen LogP contribution in [0.25, 0.3) is 0 Å². The summed E-state index contributed by atoms with van der Waals surface area (Å²) in [5.41, 5.74) is 0.752. The van der Waals surface area contributed by atoms with Crippen LogP contribution in [0, 0.1) is 11.8 Å². The second kappa shape index (κ2) is 5.93. The number of benzene rings is 1. The number of nitrogens with one attached hydrogen (secondary N) is 1. The average molecular weight is 290 g/mol. The number of hydrogen-bond donors (Lipinski definition) is 1. The van der Waals surface area contributed by atoms with Gasteiger partial charge in [-0.1, -0.05) is 13.8 Å². The molecular weight excluding hydrogens is 268 g/mol. The average Bonchev–Trinajstić information content (AvgIpc) is 2.84. The fourth-order valence-electron chi connectivity index (χ4n) is 3.30. The summed E-state index contributed by atoms with van der Waals surface area (Å²) >= 11 is 0. The molecule has 2 atom stereocenters. The van der Waals surface area contributed by atoms with E-state index in [1.54, 1.807) is 0 Å². The van der Waals surface area contributed by atoms with E-state index >= 15 is 0 Å². The molecule has 2 aliphatic rings. The Kier molecular flexibility index (Phi) is 4.01. The number of amides is 1. The number of piperidine rings is 1. The molecule has 1 N–H and O–H groups in total. The maximum atomic E-state index is 12.2. The molecule has 0 radical (unpaired) electrons. The third-order valence-electron chi connectivity index (χ3n) is 3.97. The van der Waals surface area contributed by atoms with Crippen molar-refractivity contribution in [1.82, 2.24) is 4.90 Å². The number of carbonyl (C=O) groups is 1. The summed E-state index contributed by atoms with van der Waals surface area (Å²) in [7, 11) is 0. The Morgan fingerprint density at radius 3 is 2.71 bits per heavy atom. The smallest absolute Gasteiger partial charge is 0.238 e. The molecule has 1 aromatic rings. The molecule has 114 valence electrons. The van der Waals surface area contributed by atoms with Gasteiger partial charge < -0.3 is 14.8 Å². The molecule has 0 saturated carbocycles. The topological polar surface area (TPSA) is 50.8 Å². The molecule has 3 rings (SSSR count). The van der Waals surface area contributed by atoms with Crippen molar-refractivity contribution in [3.05, 3.63) is 18.2 Å². The van der Waals surface area contributed by atoms with Gasteiger partial charge in [-0.25, -0.2) is 0 Å². The highest BCUT2D eigenvalue weighted by Gasteiger charge is 2.23. The predicted molar refractivity (Wildman–Crippen MR) is 80.6 cm³/mol. The first-order chi connectivity index (χ1) is 10.1. The van der Waals surface area contributed by atoms with Crippen LogP contribution in [-0.4, -0.2) is 37.2 Å². The molecule has 0 aliphatic carbocycles. The molecule has 0 aromatic heterocycles. The number of anilines is 1. The van der Waals surface area contributed by atoms with Crippen molar-refractivity contribution < 1.29 is 14.3 Å². The van der Waals surface area contributed by atoms with E-state index < -0.39 is 0 Å². The molecule has 2 aliphatic heterocycles. The minimum absolute atomic E-state index is 0.0233. The van der Waals surface area contributed by atoms with Crippen LogP contribution in [0.5, 0.6) is 11.5 Å². The minimum Gasteiger partial charge on any atom is -0.454 e. The third-order valence-corrected chi connectivity index (χ3v) is 3.97. The number of likely N-dealkylation sites (tertiary alicyclic amines) is 1. The molecule has 5 heteroatoms. The lowest BCUT2D eigenvalue weighted by Gasteiger charge is -2.34. The van der Waals surface area contributed by atoms with Gasteiger partial charge in [-0.2, -0.15) is 0 Å². The number of fused-ring (bicyclic) bond motifs is 1. The highest BCUT2D eigenvalue weighted by Crippen LogP contribution is 2.34. The number of ether oxygens (including phenoxy) is 2. The summed E-state index contributed by atoms with van der Waals surface area (Å²) in [6, 6.07) is 5.47. The molecule has 2 heterocycles. The van der Waals surface area contributed by atoms with Crippen molar-refractivity contribution in [2.24, 2.45) is 11.8 Å². The van der Waals surface area contributed by atoms with Crippen LogP contribution >= 0.6 is 0 Å². The second-order valence-electron chi connectivity index (χ2n) is 6.26. The standard InChI is InChI=1S/C16H22N2O3/c1-11-5-12(2)8-18(7-11)9-16(19)17-13-3-4-14-15(6-13)21-10-20-14/h3-4,6,11-12H,5,7-10H2,1-2H3,(H,17,19)/t11-,12-/m0/s1. The fourth-order valence-corrected chi connectivity index (χ4v) is 3.30. The summed E-state index contributed by atoms with van der Waals surface area (Å²) in [6.07, 6.45) is 1.25. The van der Waals surface area contributed by atoms with Gasteiger partial charge in [-0.3, -0.25) is 9.69 Å². The zero-order valence-corrected chi connectivity index (χ0v) is 12.6. The van der Waals surface area contributed by atoms with Gasteiger partial charge in [0.25, 0.3) is 0 Å². The van der Waals surface area contributed by atoms with Gasteiger partial charge in [0.1, 0.15) is 0 Å². The van der Waals surface area contributed by atoms with Crippen LogP contribution in [0.2, 0.25) is 0 Å². The van der Waals surface area contributed by atoms with Gasteiger partial charge in [-0.05, 0) is 30.4 Å². The van der Waals surface area contributed by atoms with Crippen molar-refractivity contribution in [2.75, 3.05) is 31.7 Å². The minimum atomic E-state index is 0.0233. The van der Waals surface area contributed by atoms with Gasteiger partial charge in [-0.15, -0.1) is 0 Å². The van der Waals surface area contributed by atoms with E-state index in [0.29, 0.717) is 24.1 Å². The van der Waals surface area contributed by atoms with E-state index in [-0.39, 0.29) is 12.7 Å².